The van der Waals surface area contributed by atoms with Gasteiger partial charge in [-0.1, -0.05) is 36.9 Å². The highest BCUT2D eigenvalue weighted by molar-refractivity contribution is 6.22. The van der Waals surface area contributed by atoms with E-state index in [0.29, 0.717) is 16.8 Å². The van der Waals surface area contributed by atoms with Crippen molar-refractivity contribution < 1.29 is 14.4 Å². The standard InChI is InChI=1S/C18H14N2O3/c1-2-12-6-5-7-13(10-12)19-16(21)11-20-17(22)14-8-3-4-9-15(14)18(20)23/h2-10H,1,11H2,(H,19,21). The summed E-state index contributed by atoms with van der Waals surface area (Å²) < 4.78 is 0. The highest BCUT2D eigenvalue weighted by Crippen LogP contribution is 2.22. The van der Waals surface area contributed by atoms with Gasteiger partial charge in [0.2, 0.25) is 5.91 Å². The molecule has 0 bridgehead atoms. The van der Waals surface area contributed by atoms with Gasteiger partial charge in [0.05, 0.1) is 11.1 Å². The average Bonchev–Trinajstić information content (AvgIpc) is 2.80. The molecule has 0 aliphatic carbocycles. The molecule has 0 spiro atoms. The zero-order valence-electron chi connectivity index (χ0n) is 12.3. The fraction of sp³-hybridized carbons (Fsp3) is 0.0556. The lowest BCUT2D eigenvalue weighted by molar-refractivity contribution is -0.116. The van der Waals surface area contributed by atoms with Crippen LogP contribution in [0.5, 0.6) is 0 Å². The van der Waals surface area contributed by atoms with Gasteiger partial charge in [0, 0.05) is 5.69 Å². The number of benzene rings is 2. The third-order valence-corrected chi connectivity index (χ3v) is 3.59. The number of carbonyl (C=O) groups excluding carboxylic acids is 3. The maximum Gasteiger partial charge on any atom is 0.262 e. The summed E-state index contributed by atoms with van der Waals surface area (Å²) in [5.74, 6) is -1.32. The molecule has 2 aromatic carbocycles. The molecule has 5 nitrogen and oxygen atoms in total. The quantitative estimate of drug-likeness (QED) is 0.883. The van der Waals surface area contributed by atoms with E-state index in [0.717, 1.165) is 10.5 Å². The second-order valence-corrected chi connectivity index (χ2v) is 5.12. The lowest BCUT2D eigenvalue weighted by atomic mass is 10.1. The summed E-state index contributed by atoms with van der Waals surface area (Å²) in [7, 11) is 0. The van der Waals surface area contributed by atoms with E-state index in [9.17, 15) is 14.4 Å². The van der Waals surface area contributed by atoms with E-state index in [1.54, 1.807) is 48.5 Å². The third kappa shape index (κ3) is 2.76. The molecule has 3 amide bonds. The fourth-order valence-corrected chi connectivity index (χ4v) is 2.47. The van der Waals surface area contributed by atoms with Crippen LogP contribution in [0.1, 0.15) is 26.3 Å². The van der Waals surface area contributed by atoms with Gasteiger partial charge in [-0.05, 0) is 29.8 Å². The number of hydrogen-bond acceptors (Lipinski definition) is 3. The summed E-state index contributed by atoms with van der Waals surface area (Å²) in [5, 5.41) is 2.68. The number of amides is 3. The van der Waals surface area contributed by atoms with Gasteiger partial charge in [0.25, 0.3) is 11.8 Å². The molecule has 0 saturated heterocycles. The van der Waals surface area contributed by atoms with Gasteiger partial charge in [0.15, 0.2) is 0 Å². The predicted molar refractivity (Wildman–Crippen MR) is 87.0 cm³/mol. The van der Waals surface area contributed by atoms with E-state index in [4.69, 9.17) is 0 Å². The first-order valence-corrected chi connectivity index (χ1v) is 7.08. The first-order valence-electron chi connectivity index (χ1n) is 7.08. The Bertz CT molecular complexity index is 792. The van der Waals surface area contributed by atoms with Crippen LogP contribution in [0.15, 0.2) is 55.1 Å². The molecule has 114 valence electrons. The Kier molecular flexibility index (Phi) is 3.76. The third-order valence-electron chi connectivity index (χ3n) is 3.59. The van der Waals surface area contributed by atoms with Crippen LogP contribution in [0, 0.1) is 0 Å². The minimum absolute atomic E-state index is 0.315. The highest BCUT2D eigenvalue weighted by atomic mass is 16.2. The Hall–Kier alpha value is -3.21. The maximum absolute atomic E-state index is 12.2. The van der Waals surface area contributed by atoms with Gasteiger partial charge >= 0.3 is 0 Å². The van der Waals surface area contributed by atoms with Gasteiger partial charge < -0.3 is 5.32 Å². The fourth-order valence-electron chi connectivity index (χ4n) is 2.47. The molecular weight excluding hydrogens is 292 g/mol. The summed E-state index contributed by atoms with van der Waals surface area (Å²) in [5.41, 5.74) is 2.12. The molecule has 23 heavy (non-hydrogen) atoms. The van der Waals surface area contributed by atoms with Gasteiger partial charge in [-0.2, -0.15) is 0 Å². The lowest BCUT2D eigenvalue weighted by Crippen LogP contribution is -2.37. The second kappa shape index (κ2) is 5.88. The SMILES string of the molecule is C=Cc1cccc(NC(=O)CN2C(=O)c3ccccc3C2=O)c1. The molecule has 0 radical (unpaired) electrons. The molecule has 1 aliphatic rings. The van der Waals surface area contributed by atoms with Crippen LogP contribution >= 0.6 is 0 Å². The Morgan fingerprint density at radius 3 is 2.30 bits per heavy atom. The van der Waals surface area contributed by atoms with E-state index >= 15 is 0 Å². The van der Waals surface area contributed by atoms with Crippen LogP contribution in [0.3, 0.4) is 0 Å². The normalized spacial score (nSPS) is 13.0. The lowest BCUT2D eigenvalue weighted by Gasteiger charge is -2.13. The monoisotopic (exact) mass is 306 g/mol. The molecule has 1 N–H and O–H groups in total. The van der Waals surface area contributed by atoms with Crippen molar-refractivity contribution in [2.45, 2.75) is 0 Å². The van der Waals surface area contributed by atoms with Gasteiger partial charge in [-0.15, -0.1) is 0 Å². The molecule has 0 atom stereocenters. The van der Waals surface area contributed by atoms with Gasteiger partial charge in [-0.3, -0.25) is 19.3 Å². The summed E-state index contributed by atoms with van der Waals surface area (Å²) >= 11 is 0. The average molecular weight is 306 g/mol. The van der Waals surface area contributed by atoms with Crippen LogP contribution in [0.4, 0.5) is 5.69 Å². The number of nitrogens with one attached hydrogen (secondary N) is 1. The van der Waals surface area contributed by atoms with Crippen LogP contribution in [-0.2, 0) is 4.79 Å². The molecule has 0 unspecified atom stereocenters. The zero-order valence-corrected chi connectivity index (χ0v) is 12.3. The molecule has 0 fully saturated rings. The number of carbonyl (C=O) groups is 3. The molecular formula is C18H14N2O3. The van der Waals surface area contributed by atoms with Gasteiger partial charge in [0.1, 0.15) is 6.54 Å². The van der Waals surface area contributed by atoms with Crippen molar-refractivity contribution in [2.75, 3.05) is 11.9 Å². The Labute approximate surface area is 133 Å². The first kappa shape index (κ1) is 14.7. The summed E-state index contributed by atoms with van der Waals surface area (Å²) in [6.07, 6.45) is 1.67. The van der Waals surface area contributed by atoms with E-state index in [2.05, 4.69) is 11.9 Å². The number of imide groups is 1. The van der Waals surface area contributed by atoms with Crippen LogP contribution in [-0.4, -0.2) is 29.2 Å². The van der Waals surface area contributed by atoms with Crippen LogP contribution in [0.25, 0.3) is 6.08 Å². The maximum atomic E-state index is 12.2. The number of anilines is 1. The number of nitrogens with zero attached hydrogens (tertiary/aromatic N) is 1. The second-order valence-electron chi connectivity index (χ2n) is 5.12. The molecule has 3 rings (SSSR count). The summed E-state index contributed by atoms with van der Waals surface area (Å²) in [6, 6.07) is 13.7. The van der Waals surface area contributed by atoms with Crippen LogP contribution < -0.4 is 5.32 Å². The molecule has 0 aromatic heterocycles. The van der Waals surface area contributed by atoms with Crippen LogP contribution in [0.2, 0.25) is 0 Å². The van der Waals surface area contributed by atoms with E-state index < -0.39 is 17.7 Å². The highest BCUT2D eigenvalue weighted by Gasteiger charge is 2.36. The van der Waals surface area contributed by atoms with Crippen molar-refractivity contribution in [2.24, 2.45) is 0 Å². The van der Waals surface area contributed by atoms with Crippen molar-refractivity contribution in [3.05, 3.63) is 71.8 Å². The first-order chi connectivity index (χ1) is 11.1. The Morgan fingerprint density at radius 2 is 1.70 bits per heavy atom. The summed E-state index contributed by atoms with van der Waals surface area (Å²) in [4.78, 5) is 37.5. The van der Waals surface area contributed by atoms with E-state index in [-0.39, 0.29) is 6.54 Å². The molecule has 1 aliphatic heterocycles. The van der Waals surface area contributed by atoms with E-state index in [1.165, 1.54) is 0 Å². The van der Waals surface area contributed by atoms with Crippen molar-refractivity contribution in [3.8, 4) is 0 Å². The molecule has 2 aromatic rings. The largest absolute Gasteiger partial charge is 0.325 e. The number of rotatable bonds is 4. The minimum Gasteiger partial charge on any atom is -0.325 e. The predicted octanol–water partition coefficient (Wildman–Crippen LogP) is 2.56. The molecule has 1 heterocycles. The Balaban J connectivity index is 1.73. The minimum atomic E-state index is -0.444. The van der Waals surface area contributed by atoms with Crippen molar-refractivity contribution in [1.82, 2.24) is 4.90 Å². The Morgan fingerprint density at radius 1 is 1.04 bits per heavy atom. The number of hydrogen-bond donors (Lipinski definition) is 1. The molecule has 5 heteroatoms. The smallest absolute Gasteiger partial charge is 0.262 e. The van der Waals surface area contributed by atoms with Crippen molar-refractivity contribution in [3.63, 3.8) is 0 Å². The van der Waals surface area contributed by atoms with E-state index in [1.807, 2.05) is 6.07 Å². The topological polar surface area (TPSA) is 66.5 Å². The zero-order chi connectivity index (χ0) is 16.4. The molecule has 0 saturated carbocycles. The summed E-state index contributed by atoms with van der Waals surface area (Å²) in [6.45, 7) is 3.35. The van der Waals surface area contributed by atoms with Crippen molar-refractivity contribution in [1.29, 1.82) is 0 Å². The van der Waals surface area contributed by atoms with Gasteiger partial charge in [-0.25, -0.2) is 0 Å². The van der Waals surface area contributed by atoms with Crippen molar-refractivity contribution >= 4 is 29.5 Å². The number of fused-ring (bicyclic) bond motifs is 1.